The zero-order valence-corrected chi connectivity index (χ0v) is 15.9. The Hall–Kier alpha value is -2.49. The van der Waals surface area contributed by atoms with Crippen molar-refractivity contribution in [3.63, 3.8) is 0 Å². The Bertz CT molecular complexity index is 785. The fraction of sp³-hybridized carbons (Fsp3) is 0.409. The molecule has 2 atom stereocenters. The third kappa shape index (κ3) is 4.01. The predicted molar refractivity (Wildman–Crippen MR) is 103 cm³/mol. The summed E-state index contributed by atoms with van der Waals surface area (Å²) in [6, 6.07) is 13.9. The molecule has 0 spiro atoms. The molecule has 4 heteroatoms. The maximum absolute atomic E-state index is 12.7. The second-order valence-corrected chi connectivity index (χ2v) is 7.19. The van der Waals surface area contributed by atoms with E-state index in [0.717, 1.165) is 34.6 Å². The second-order valence-electron chi connectivity index (χ2n) is 7.19. The Morgan fingerprint density at radius 1 is 1.19 bits per heavy atom. The monoisotopic (exact) mass is 353 g/mol. The first-order chi connectivity index (χ1) is 12.5. The van der Waals surface area contributed by atoms with Gasteiger partial charge in [-0.15, -0.1) is 0 Å². The third-order valence-electron chi connectivity index (χ3n) is 4.74. The van der Waals surface area contributed by atoms with Crippen LogP contribution in [0.15, 0.2) is 42.5 Å². The molecule has 4 nitrogen and oxygen atoms in total. The van der Waals surface area contributed by atoms with Crippen LogP contribution in [0.4, 0.5) is 0 Å². The largest absolute Gasteiger partial charge is 0.493 e. The zero-order chi connectivity index (χ0) is 18.7. The lowest BCUT2D eigenvalue weighted by atomic mass is 9.98. The molecule has 0 radical (unpaired) electrons. The molecule has 0 bridgehead atoms. The minimum Gasteiger partial charge on any atom is -0.493 e. The highest BCUT2D eigenvalue weighted by Gasteiger charge is 2.26. The van der Waals surface area contributed by atoms with Crippen LogP contribution in [0.2, 0.25) is 0 Å². The smallest absolute Gasteiger partial charge is 0.261 e. The van der Waals surface area contributed by atoms with Gasteiger partial charge < -0.3 is 14.8 Å². The molecule has 26 heavy (non-hydrogen) atoms. The van der Waals surface area contributed by atoms with Crippen LogP contribution in [0.1, 0.15) is 55.8 Å². The fourth-order valence-electron chi connectivity index (χ4n) is 3.26. The summed E-state index contributed by atoms with van der Waals surface area (Å²) >= 11 is 0. The molecule has 0 fully saturated rings. The number of nitrogens with one attached hydrogen (secondary N) is 1. The SMILES string of the molecule is Cc1ccc2c(c1)C(NC(=O)C(C)Oc1ccccc1C(C)C)CCO2. The fourth-order valence-corrected chi connectivity index (χ4v) is 3.26. The van der Waals surface area contributed by atoms with E-state index in [2.05, 4.69) is 25.2 Å². The summed E-state index contributed by atoms with van der Waals surface area (Å²) in [4.78, 5) is 12.7. The van der Waals surface area contributed by atoms with E-state index in [1.807, 2.05) is 43.3 Å². The number of fused-ring (bicyclic) bond motifs is 1. The highest BCUT2D eigenvalue weighted by molar-refractivity contribution is 5.81. The highest BCUT2D eigenvalue weighted by Crippen LogP contribution is 2.33. The lowest BCUT2D eigenvalue weighted by molar-refractivity contribution is -0.128. The normalized spacial score (nSPS) is 17.2. The van der Waals surface area contributed by atoms with E-state index in [1.54, 1.807) is 6.92 Å². The van der Waals surface area contributed by atoms with E-state index in [0.29, 0.717) is 12.5 Å². The molecular weight excluding hydrogens is 326 g/mol. The molecule has 0 saturated heterocycles. The molecule has 0 aliphatic carbocycles. The Balaban J connectivity index is 1.71. The molecule has 1 aliphatic heterocycles. The van der Waals surface area contributed by atoms with Crippen LogP contribution in [0, 0.1) is 6.92 Å². The second kappa shape index (κ2) is 7.81. The number of rotatable bonds is 5. The van der Waals surface area contributed by atoms with Gasteiger partial charge in [-0.25, -0.2) is 0 Å². The topological polar surface area (TPSA) is 47.6 Å². The van der Waals surface area contributed by atoms with Gasteiger partial charge in [-0.3, -0.25) is 4.79 Å². The quantitative estimate of drug-likeness (QED) is 0.859. The molecule has 1 amide bonds. The van der Waals surface area contributed by atoms with Gasteiger partial charge in [-0.05, 0) is 37.5 Å². The molecule has 2 aromatic rings. The minimum atomic E-state index is -0.564. The van der Waals surface area contributed by atoms with E-state index in [4.69, 9.17) is 9.47 Å². The summed E-state index contributed by atoms with van der Waals surface area (Å²) in [7, 11) is 0. The van der Waals surface area contributed by atoms with Crippen molar-refractivity contribution in [1.82, 2.24) is 5.32 Å². The number of benzene rings is 2. The summed E-state index contributed by atoms with van der Waals surface area (Å²) < 4.78 is 11.7. The van der Waals surface area contributed by atoms with Gasteiger partial charge in [0.25, 0.3) is 5.91 Å². The van der Waals surface area contributed by atoms with Crippen molar-refractivity contribution >= 4 is 5.91 Å². The zero-order valence-electron chi connectivity index (χ0n) is 15.9. The van der Waals surface area contributed by atoms with Gasteiger partial charge in [0.05, 0.1) is 12.6 Å². The van der Waals surface area contributed by atoms with Crippen molar-refractivity contribution in [3.05, 3.63) is 59.2 Å². The highest BCUT2D eigenvalue weighted by atomic mass is 16.5. The molecule has 2 aromatic carbocycles. The summed E-state index contributed by atoms with van der Waals surface area (Å²) in [6.07, 6.45) is 0.198. The number of hydrogen-bond acceptors (Lipinski definition) is 3. The number of amides is 1. The first-order valence-electron chi connectivity index (χ1n) is 9.25. The van der Waals surface area contributed by atoms with Gasteiger partial charge >= 0.3 is 0 Å². The van der Waals surface area contributed by atoms with Gasteiger partial charge in [-0.2, -0.15) is 0 Å². The first kappa shape index (κ1) is 18.3. The molecule has 0 saturated carbocycles. The van der Waals surface area contributed by atoms with Crippen molar-refractivity contribution in [2.75, 3.05) is 6.61 Å². The number of carbonyl (C=O) groups excluding carboxylic acids is 1. The van der Waals surface area contributed by atoms with E-state index in [1.165, 1.54) is 0 Å². The van der Waals surface area contributed by atoms with E-state index in [-0.39, 0.29) is 11.9 Å². The number of aryl methyl sites for hydroxylation is 1. The molecule has 2 unspecified atom stereocenters. The average molecular weight is 353 g/mol. The Morgan fingerprint density at radius 3 is 2.73 bits per heavy atom. The molecule has 3 rings (SSSR count). The maximum Gasteiger partial charge on any atom is 0.261 e. The van der Waals surface area contributed by atoms with Crippen molar-refractivity contribution in [2.45, 2.75) is 52.2 Å². The van der Waals surface area contributed by atoms with Gasteiger partial charge in [0, 0.05) is 12.0 Å². The van der Waals surface area contributed by atoms with E-state index >= 15 is 0 Å². The van der Waals surface area contributed by atoms with Crippen LogP contribution >= 0.6 is 0 Å². The number of hydrogen-bond donors (Lipinski definition) is 1. The first-order valence-corrected chi connectivity index (χ1v) is 9.25. The molecule has 1 N–H and O–H groups in total. The maximum atomic E-state index is 12.7. The summed E-state index contributed by atoms with van der Waals surface area (Å²) in [5, 5.41) is 3.13. The van der Waals surface area contributed by atoms with Gasteiger partial charge in [0.2, 0.25) is 0 Å². The van der Waals surface area contributed by atoms with Crippen LogP contribution < -0.4 is 14.8 Å². The third-order valence-corrected chi connectivity index (χ3v) is 4.74. The standard InChI is InChI=1S/C22H27NO3/c1-14(2)17-7-5-6-8-21(17)26-16(4)22(24)23-19-11-12-25-20-10-9-15(3)13-18(19)20/h5-10,13-14,16,19H,11-12H2,1-4H3,(H,23,24). The van der Waals surface area contributed by atoms with Gasteiger partial charge in [-0.1, -0.05) is 49.7 Å². The van der Waals surface area contributed by atoms with E-state index < -0.39 is 6.10 Å². The number of carbonyl (C=O) groups is 1. The molecule has 1 heterocycles. The van der Waals surface area contributed by atoms with Gasteiger partial charge in [0.1, 0.15) is 11.5 Å². The summed E-state index contributed by atoms with van der Waals surface area (Å²) in [6.45, 7) is 8.68. The number of para-hydroxylation sites is 1. The average Bonchev–Trinajstić information content (AvgIpc) is 2.62. The molecule has 1 aliphatic rings. The van der Waals surface area contributed by atoms with E-state index in [9.17, 15) is 4.79 Å². The lowest BCUT2D eigenvalue weighted by Crippen LogP contribution is -2.40. The predicted octanol–water partition coefficient (Wildman–Crippen LogP) is 4.53. The lowest BCUT2D eigenvalue weighted by Gasteiger charge is -2.28. The van der Waals surface area contributed by atoms with Crippen molar-refractivity contribution in [1.29, 1.82) is 0 Å². The summed E-state index contributed by atoms with van der Waals surface area (Å²) in [5.41, 5.74) is 3.31. The van der Waals surface area contributed by atoms with Crippen molar-refractivity contribution < 1.29 is 14.3 Å². The van der Waals surface area contributed by atoms with Crippen LogP contribution in [-0.4, -0.2) is 18.6 Å². The summed E-state index contributed by atoms with van der Waals surface area (Å²) in [5.74, 6) is 1.86. The molecule has 0 aromatic heterocycles. The minimum absolute atomic E-state index is 0.0439. The van der Waals surface area contributed by atoms with Crippen LogP contribution in [-0.2, 0) is 4.79 Å². The molecule has 138 valence electrons. The van der Waals surface area contributed by atoms with Crippen LogP contribution in [0.3, 0.4) is 0 Å². The number of ether oxygens (including phenoxy) is 2. The van der Waals surface area contributed by atoms with Crippen molar-refractivity contribution in [2.24, 2.45) is 0 Å². The van der Waals surface area contributed by atoms with Crippen LogP contribution in [0.25, 0.3) is 0 Å². The Morgan fingerprint density at radius 2 is 1.96 bits per heavy atom. The Kier molecular flexibility index (Phi) is 5.50. The van der Waals surface area contributed by atoms with Crippen LogP contribution in [0.5, 0.6) is 11.5 Å². The van der Waals surface area contributed by atoms with Gasteiger partial charge in [0.15, 0.2) is 6.10 Å². The molecular formula is C22H27NO3. The Labute approximate surface area is 155 Å². The van der Waals surface area contributed by atoms with Crippen molar-refractivity contribution in [3.8, 4) is 11.5 Å².